The minimum atomic E-state index is -4.62. The normalized spacial score (nSPS) is 10.7. The molecule has 0 bridgehead atoms. The highest BCUT2D eigenvalue weighted by atomic mass is 19.4. The number of halogens is 3. The Morgan fingerprint density at radius 1 is 0.929 bits per heavy atom. The van der Waals surface area contributed by atoms with Crippen molar-refractivity contribution in [2.45, 2.75) is 6.18 Å². The van der Waals surface area contributed by atoms with E-state index in [9.17, 15) is 27.6 Å². The number of para-hydroxylation sites is 2. The van der Waals surface area contributed by atoms with Crippen molar-refractivity contribution >= 4 is 17.9 Å². The van der Waals surface area contributed by atoms with E-state index in [0.717, 1.165) is 0 Å². The van der Waals surface area contributed by atoms with Crippen molar-refractivity contribution in [3.8, 4) is 11.5 Å². The first-order chi connectivity index (χ1) is 13.2. The van der Waals surface area contributed by atoms with E-state index >= 15 is 0 Å². The third-order valence-corrected chi connectivity index (χ3v) is 3.11. The first-order valence-corrected chi connectivity index (χ1v) is 7.88. The molecular formula is C18H15F3N2O5. The summed E-state index contributed by atoms with van der Waals surface area (Å²) in [5, 5.41) is 3.07. The number of benzene rings is 2. The fraction of sp³-hybridized carbons (Fsp3) is 0.167. The number of hydrogen-bond acceptors (Lipinski definition) is 5. The summed E-state index contributed by atoms with van der Waals surface area (Å²) in [6.07, 6.45) is -4.62. The van der Waals surface area contributed by atoms with Gasteiger partial charge in [0.15, 0.2) is 6.61 Å². The van der Waals surface area contributed by atoms with Crippen molar-refractivity contribution in [3.05, 3.63) is 60.2 Å². The number of amides is 3. The second-order valence-electron chi connectivity index (χ2n) is 5.33. The second-order valence-corrected chi connectivity index (χ2v) is 5.33. The molecule has 0 fully saturated rings. The van der Waals surface area contributed by atoms with Crippen LogP contribution >= 0.6 is 0 Å². The van der Waals surface area contributed by atoms with Gasteiger partial charge in [0.25, 0.3) is 5.91 Å². The maximum atomic E-state index is 12.2. The molecule has 28 heavy (non-hydrogen) atoms. The Morgan fingerprint density at radius 2 is 1.57 bits per heavy atom. The lowest BCUT2D eigenvalue weighted by molar-refractivity contribution is -0.125. The molecule has 148 valence electrons. The Bertz CT molecular complexity index is 841. The van der Waals surface area contributed by atoms with Gasteiger partial charge in [0.05, 0.1) is 0 Å². The van der Waals surface area contributed by atoms with E-state index in [1.54, 1.807) is 47.8 Å². The highest BCUT2D eigenvalue weighted by Crippen LogP contribution is 2.25. The molecule has 0 unspecified atom stereocenters. The zero-order valence-electron chi connectivity index (χ0n) is 14.3. The van der Waals surface area contributed by atoms with Crippen molar-refractivity contribution in [3.63, 3.8) is 0 Å². The van der Waals surface area contributed by atoms with E-state index in [2.05, 4.69) is 0 Å². The molecule has 0 aromatic heterocycles. The van der Waals surface area contributed by atoms with Crippen LogP contribution in [0.15, 0.2) is 54.6 Å². The molecule has 0 radical (unpaired) electrons. The van der Waals surface area contributed by atoms with Gasteiger partial charge in [-0.2, -0.15) is 13.2 Å². The predicted octanol–water partition coefficient (Wildman–Crippen LogP) is 3.02. The topological polar surface area (TPSA) is 93.7 Å². The lowest BCUT2D eigenvalue weighted by Crippen LogP contribution is -2.44. The number of imide groups is 1. The maximum Gasteiger partial charge on any atom is 0.405 e. The van der Waals surface area contributed by atoms with Crippen LogP contribution in [0.1, 0.15) is 10.4 Å². The molecule has 0 spiro atoms. The first-order valence-electron chi connectivity index (χ1n) is 7.88. The lowest BCUT2D eigenvalue weighted by Gasteiger charge is -2.11. The number of hydrogen-bond donors (Lipinski definition) is 2. The molecule has 10 heteroatoms. The van der Waals surface area contributed by atoms with Crippen LogP contribution in [-0.2, 0) is 9.53 Å². The van der Waals surface area contributed by atoms with Gasteiger partial charge in [-0.3, -0.25) is 10.1 Å². The number of ether oxygens (including phenoxy) is 2. The van der Waals surface area contributed by atoms with Gasteiger partial charge in [0.2, 0.25) is 0 Å². The zero-order valence-corrected chi connectivity index (χ0v) is 14.3. The number of esters is 1. The van der Waals surface area contributed by atoms with Gasteiger partial charge < -0.3 is 14.8 Å². The van der Waals surface area contributed by atoms with E-state index < -0.39 is 37.2 Å². The summed E-state index contributed by atoms with van der Waals surface area (Å²) in [7, 11) is 0. The van der Waals surface area contributed by atoms with Crippen LogP contribution in [0.4, 0.5) is 18.0 Å². The van der Waals surface area contributed by atoms with Crippen LogP contribution in [0.2, 0.25) is 0 Å². The number of urea groups is 1. The average molecular weight is 396 g/mol. The van der Waals surface area contributed by atoms with Crippen molar-refractivity contribution in [1.82, 2.24) is 10.6 Å². The van der Waals surface area contributed by atoms with E-state index in [0.29, 0.717) is 5.75 Å². The van der Waals surface area contributed by atoms with E-state index in [1.807, 2.05) is 0 Å². The monoisotopic (exact) mass is 396 g/mol. The van der Waals surface area contributed by atoms with Gasteiger partial charge in [-0.05, 0) is 24.3 Å². The van der Waals surface area contributed by atoms with Crippen LogP contribution in [0, 0.1) is 0 Å². The number of alkyl halides is 3. The third kappa shape index (κ3) is 6.98. The highest BCUT2D eigenvalue weighted by Gasteiger charge is 2.28. The Labute approximate surface area is 157 Å². The van der Waals surface area contributed by atoms with E-state index in [4.69, 9.17) is 9.47 Å². The Morgan fingerprint density at radius 3 is 2.25 bits per heavy atom. The summed E-state index contributed by atoms with van der Waals surface area (Å²) >= 11 is 0. The van der Waals surface area contributed by atoms with E-state index in [1.165, 1.54) is 17.4 Å². The molecule has 0 saturated heterocycles. The fourth-order valence-corrected chi connectivity index (χ4v) is 1.94. The summed E-state index contributed by atoms with van der Waals surface area (Å²) in [5.74, 6) is -1.34. The maximum absolute atomic E-state index is 12.2. The molecule has 0 saturated carbocycles. The van der Waals surface area contributed by atoms with E-state index in [-0.39, 0.29) is 11.3 Å². The van der Waals surface area contributed by atoms with Gasteiger partial charge in [-0.25, -0.2) is 9.59 Å². The van der Waals surface area contributed by atoms with Crippen LogP contribution in [0.25, 0.3) is 0 Å². The van der Waals surface area contributed by atoms with Gasteiger partial charge in [0.1, 0.15) is 23.6 Å². The Balaban J connectivity index is 1.89. The lowest BCUT2D eigenvalue weighted by atomic mass is 10.2. The van der Waals surface area contributed by atoms with Gasteiger partial charge in [-0.15, -0.1) is 0 Å². The van der Waals surface area contributed by atoms with Crippen LogP contribution in [0.3, 0.4) is 0 Å². The summed E-state index contributed by atoms with van der Waals surface area (Å²) in [6, 6.07) is 13.4. The van der Waals surface area contributed by atoms with Crippen molar-refractivity contribution < 1.29 is 37.0 Å². The molecule has 0 aliphatic carbocycles. The minimum Gasteiger partial charge on any atom is -0.456 e. The van der Waals surface area contributed by atoms with Crippen molar-refractivity contribution in [2.75, 3.05) is 13.2 Å². The summed E-state index contributed by atoms with van der Waals surface area (Å²) in [6.45, 7) is -2.46. The van der Waals surface area contributed by atoms with Crippen LogP contribution in [0.5, 0.6) is 11.5 Å². The number of nitrogens with one attached hydrogen (secondary N) is 2. The number of carbonyl (C=O) groups is 3. The van der Waals surface area contributed by atoms with Crippen molar-refractivity contribution in [2.24, 2.45) is 0 Å². The fourth-order valence-electron chi connectivity index (χ4n) is 1.94. The minimum absolute atomic E-state index is 0.0284. The second kappa shape index (κ2) is 9.40. The van der Waals surface area contributed by atoms with Crippen molar-refractivity contribution in [1.29, 1.82) is 0 Å². The summed E-state index contributed by atoms with van der Waals surface area (Å²) in [5.41, 5.74) is 0.0284. The summed E-state index contributed by atoms with van der Waals surface area (Å²) in [4.78, 5) is 34.9. The highest BCUT2D eigenvalue weighted by molar-refractivity contribution is 5.97. The predicted molar refractivity (Wildman–Crippen MR) is 90.8 cm³/mol. The molecular weight excluding hydrogens is 381 g/mol. The molecule has 0 aliphatic heterocycles. The first kappa shape index (κ1) is 20.7. The molecule has 0 aliphatic rings. The quantitative estimate of drug-likeness (QED) is 0.732. The Kier molecular flexibility index (Phi) is 6.96. The Hall–Kier alpha value is -3.56. The molecule has 2 N–H and O–H groups in total. The molecule has 2 rings (SSSR count). The molecule has 2 aromatic rings. The largest absolute Gasteiger partial charge is 0.456 e. The summed E-state index contributed by atoms with van der Waals surface area (Å²) < 4.78 is 46.3. The SMILES string of the molecule is O=C(COC(=O)c1ccccc1Oc1ccccc1)NC(=O)NCC(F)(F)F. The molecule has 3 amide bonds. The van der Waals surface area contributed by atoms with Crippen LogP contribution in [-0.4, -0.2) is 37.2 Å². The van der Waals surface area contributed by atoms with Gasteiger partial charge in [0, 0.05) is 0 Å². The molecule has 2 aromatic carbocycles. The number of rotatable bonds is 6. The molecule has 0 heterocycles. The number of carbonyl (C=O) groups excluding carboxylic acids is 3. The average Bonchev–Trinajstić information content (AvgIpc) is 2.65. The van der Waals surface area contributed by atoms with Gasteiger partial charge >= 0.3 is 18.2 Å². The van der Waals surface area contributed by atoms with Crippen LogP contribution < -0.4 is 15.4 Å². The molecule has 7 nitrogen and oxygen atoms in total. The third-order valence-electron chi connectivity index (χ3n) is 3.11. The zero-order chi connectivity index (χ0) is 20.6. The standard InChI is InChI=1S/C18H15F3N2O5/c19-18(20,21)11-22-17(26)23-15(24)10-27-16(25)13-8-4-5-9-14(13)28-12-6-2-1-3-7-12/h1-9H,10-11H2,(H2,22,23,24,26). The smallest absolute Gasteiger partial charge is 0.405 e. The molecule has 0 atom stereocenters. The van der Waals surface area contributed by atoms with Gasteiger partial charge in [-0.1, -0.05) is 30.3 Å².